The van der Waals surface area contributed by atoms with Gasteiger partial charge in [0.25, 0.3) is 5.56 Å². The molecule has 2 aromatic heterocycles. The van der Waals surface area contributed by atoms with E-state index >= 15 is 0 Å². The number of likely N-dealkylation sites (N-methyl/N-ethyl adjacent to an activating group) is 1. The number of nitrogens with zero attached hydrogens (tertiary/aromatic N) is 6. The molecule has 0 saturated heterocycles. The van der Waals surface area contributed by atoms with Crippen LogP contribution < -0.4 is 5.56 Å². The second-order valence-corrected chi connectivity index (χ2v) is 14.0. The van der Waals surface area contributed by atoms with Gasteiger partial charge in [0.15, 0.2) is 5.16 Å². The quantitative estimate of drug-likeness (QED) is 0.0614. The first-order valence-electron chi connectivity index (χ1n) is 17.8. The van der Waals surface area contributed by atoms with E-state index in [2.05, 4.69) is 53.1 Å². The number of carbonyl (C=O) groups is 3. The largest absolute Gasteiger partial charge is 0.478 e. The summed E-state index contributed by atoms with van der Waals surface area (Å²) >= 11 is 7.43. The molecular weight excluding hydrogens is 759 g/mol. The topological polar surface area (TPSA) is 151 Å². The van der Waals surface area contributed by atoms with Gasteiger partial charge in [-0.25, -0.2) is 14.0 Å². The Bertz CT molecular complexity index is 2140. The van der Waals surface area contributed by atoms with Gasteiger partial charge in [-0.15, -0.1) is 0 Å². The fourth-order valence-electron chi connectivity index (χ4n) is 5.53. The van der Waals surface area contributed by atoms with Gasteiger partial charge in [-0.2, -0.15) is 10.1 Å². The van der Waals surface area contributed by atoms with Gasteiger partial charge >= 0.3 is 11.9 Å². The molecule has 294 valence electrons. The maximum Gasteiger partial charge on any atom is 0.328 e. The smallest absolute Gasteiger partial charge is 0.328 e. The zero-order valence-corrected chi connectivity index (χ0v) is 32.9. The molecule has 0 aliphatic carbocycles. The lowest BCUT2D eigenvalue weighted by molar-refractivity contribution is -0.134. The summed E-state index contributed by atoms with van der Waals surface area (Å²) in [6.07, 6.45) is 6.79. The number of aliphatic carboxylic acids is 2. The third kappa shape index (κ3) is 13.9. The zero-order valence-electron chi connectivity index (χ0n) is 31.3. The van der Waals surface area contributed by atoms with Crippen molar-refractivity contribution in [2.45, 2.75) is 44.3 Å². The fourth-order valence-corrected chi connectivity index (χ4v) is 6.58. The van der Waals surface area contributed by atoms with Crippen molar-refractivity contribution in [3.05, 3.63) is 147 Å². The van der Waals surface area contributed by atoms with Crippen LogP contribution in [0.2, 0.25) is 5.02 Å². The molecule has 0 spiro atoms. The first kappa shape index (κ1) is 43.2. The van der Waals surface area contributed by atoms with Crippen LogP contribution in [0.25, 0.3) is 11.1 Å². The molecule has 0 atom stereocenters. The van der Waals surface area contributed by atoms with E-state index in [0.717, 1.165) is 47.5 Å². The summed E-state index contributed by atoms with van der Waals surface area (Å²) < 4.78 is 17.0. The number of rotatable bonds is 17. The molecule has 5 aromatic rings. The van der Waals surface area contributed by atoms with Gasteiger partial charge < -0.3 is 24.6 Å². The van der Waals surface area contributed by atoms with Crippen molar-refractivity contribution in [2.75, 3.05) is 26.2 Å². The minimum absolute atomic E-state index is 0.0141. The van der Waals surface area contributed by atoms with E-state index in [1.54, 1.807) is 33.8 Å². The monoisotopic (exact) mass is 802 g/mol. The number of aryl methyl sites for hydroxylation is 1. The number of thioether (sulfide) groups is 1. The lowest BCUT2D eigenvalue weighted by Gasteiger charge is -2.27. The summed E-state index contributed by atoms with van der Waals surface area (Å²) in [5.41, 5.74) is 5.05. The fraction of sp³-hybridized carbons (Fsp3) is 0.268. The van der Waals surface area contributed by atoms with Gasteiger partial charge in [0, 0.05) is 74.0 Å². The van der Waals surface area contributed by atoms with Gasteiger partial charge in [0.2, 0.25) is 5.91 Å². The number of carbonyl (C=O) groups excluding carboxylic acids is 1. The number of carboxylic acids is 2. The second kappa shape index (κ2) is 21.5. The van der Waals surface area contributed by atoms with Gasteiger partial charge in [-0.1, -0.05) is 85.7 Å². The molecule has 15 heteroatoms. The minimum atomic E-state index is -1.26. The van der Waals surface area contributed by atoms with E-state index in [-0.39, 0.29) is 23.8 Å². The van der Waals surface area contributed by atoms with Crippen molar-refractivity contribution < 1.29 is 29.0 Å². The first-order valence-corrected chi connectivity index (χ1v) is 19.1. The number of halogens is 2. The molecule has 0 saturated carbocycles. The summed E-state index contributed by atoms with van der Waals surface area (Å²) in [7, 11) is 1.83. The molecular formula is C41H44ClFN6O6S. The Balaban J connectivity index is 0.000000784. The van der Waals surface area contributed by atoms with E-state index in [1.807, 2.05) is 42.4 Å². The van der Waals surface area contributed by atoms with Crippen LogP contribution in [0.15, 0.2) is 113 Å². The number of aromatic nitrogens is 4. The van der Waals surface area contributed by atoms with Crippen LogP contribution in [0, 0.1) is 5.82 Å². The molecule has 0 aliphatic rings. The van der Waals surface area contributed by atoms with Crippen molar-refractivity contribution >= 4 is 41.2 Å². The number of carboxylic acid groups (broad SMARTS) is 2. The summed E-state index contributed by atoms with van der Waals surface area (Å²) in [4.78, 5) is 55.0. The summed E-state index contributed by atoms with van der Waals surface area (Å²) in [5.74, 6) is -2.44. The maximum atomic E-state index is 14.2. The summed E-state index contributed by atoms with van der Waals surface area (Å²) in [6.45, 7) is 7.75. The number of amides is 1. The Kier molecular flexibility index (Phi) is 16.6. The first-order chi connectivity index (χ1) is 26.8. The predicted octanol–water partition coefficient (Wildman–Crippen LogP) is 6.40. The SMILES string of the molecule is CCN(CC)CCN(Cc1ccc(-c2ccc(Cl)cc2)cc1)C(=O)Cn1cc(Cc2cnn(C)c2)c(=O)nc1SCc1ccc(F)cc1.O=C(O)/C=C\C(=O)O. The van der Waals surface area contributed by atoms with Crippen molar-refractivity contribution in [3.63, 3.8) is 0 Å². The van der Waals surface area contributed by atoms with Gasteiger partial charge in [-0.05, 0) is 65.2 Å². The predicted molar refractivity (Wildman–Crippen MR) is 215 cm³/mol. The lowest BCUT2D eigenvalue weighted by atomic mass is 10.0. The van der Waals surface area contributed by atoms with E-state index in [0.29, 0.717) is 53.2 Å². The normalized spacial score (nSPS) is 11.0. The van der Waals surface area contributed by atoms with Gasteiger partial charge in [-0.3, -0.25) is 14.3 Å². The van der Waals surface area contributed by atoms with E-state index in [4.69, 9.17) is 21.8 Å². The molecule has 3 aromatic carbocycles. The van der Waals surface area contributed by atoms with Crippen LogP contribution >= 0.6 is 23.4 Å². The van der Waals surface area contributed by atoms with Crippen LogP contribution in [0.5, 0.6) is 0 Å². The second-order valence-electron chi connectivity index (χ2n) is 12.7. The summed E-state index contributed by atoms with van der Waals surface area (Å²) in [5, 5.41) is 21.0. The highest BCUT2D eigenvalue weighted by Crippen LogP contribution is 2.24. The molecule has 12 nitrogen and oxygen atoms in total. The number of hydrogen-bond acceptors (Lipinski definition) is 8. The van der Waals surface area contributed by atoms with Gasteiger partial charge in [0.05, 0.1) is 6.20 Å². The van der Waals surface area contributed by atoms with Gasteiger partial charge in [0.1, 0.15) is 12.4 Å². The molecule has 0 bridgehead atoms. The maximum absolute atomic E-state index is 14.2. The molecule has 5 rings (SSSR count). The van der Waals surface area contributed by atoms with Crippen molar-refractivity contribution in [1.29, 1.82) is 0 Å². The van der Waals surface area contributed by atoms with Crippen molar-refractivity contribution in [1.82, 2.24) is 29.1 Å². The standard InChI is InChI=1S/C37H40ClFN6O2S.C4H4O4/c1-4-43(5-2)18-19-44(23-27-6-10-30(11-7-27)31-12-14-33(38)15-13-31)35(46)25-45-24-32(20-29-21-40-42(3)22-29)36(47)41-37(45)48-26-28-8-16-34(39)17-9-28;5-3(6)1-2-4(7)8/h6-17,21-22,24H,4-5,18-20,23,25-26H2,1-3H3;1-2H,(H,5,6)(H,7,8)/b;2-1-. The van der Waals surface area contributed by atoms with Crippen LogP contribution in [0.1, 0.15) is 36.1 Å². The van der Waals surface area contributed by atoms with Crippen LogP contribution in [0.4, 0.5) is 4.39 Å². The van der Waals surface area contributed by atoms with Crippen molar-refractivity contribution in [2.24, 2.45) is 7.05 Å². The highest BCUT2D eigenvalue weighted by molar-refractivity contribution is 7.98. The molecule has 0 unspecified atom stereocenters. The lowest BCUT2D eigenvalue weighted by Crippen LogP contribution is -2.40. The van der Waals surface area contributed by atoms with Crippen LogP contribution in [0.3, 0.4) is 0 Å². The molecule has 0 radical (unpaired) electrons. The van der Waals surface area contributed by atoms with E-state index in [1.165, 1.54) is 23.9 Å². The Morgan fingerprint density at radius 3 is 1.98 bits per heavy atom. The van der Waals surface area contributed by atoms with E-state index in [9.17, 15) is 23.6 Å². The zero-order chi connectivity index (χ0) is 40.6. The number of benzene rings is 3. The Labute approximate surface area is 333 Å². The minimum Gasteiger partial charge on any atom is -0.478 e. The number of hydrogen-bond donors (Lipinski definition) is 2. The Morgan fingerprint density at radius 1 is 0.839 bits per heavy atom. The van der Waals surface area contributed by atoms with Crippen LogP contribution in [-0.2, 0) is 46.7 Å². The molecule has 1 amide bonds. The molecule has 2 N–H and O–H groups in total. The van der Waals surface area contributed by atoms with Crippen LogP contribution in [-0.4, -0.2) is 83.4 Å². The Hall–Kier alpha value is -5.57. The Morgan fingerprint density at radius 2 is 1.43 bits per heavy atom. The average molecular weight is 803 g/mol. The highest BCUT2D eigenvalue weighted by Gasteiger charge is 2.19. The molecule has 2 heterocycles. The van der Waals surface area contributed by atoms with Crippen molar-refractivity contribution in [3.8, 4) is 11.1 Å². The highest BCUT2D eigenvalue weighted by atomic mass is 35.5. The molecule has 56 heavy (non-hydrogen) atoms. The van der Waals surface area contributed by atoms with E-state index < -0.39 is 11.9 Å². The summed E-state index contributed by atoms with van der Waals surface area (Å²) in [6, 6.07) is 22.2. The average Bonchev–Trinajstić information content (AvgIpc) is 3.60. The molecule has 0 aliphatic heterocycles. The third-order valence-corrected chi connectivity index (χ3v) is 9.89. The third-order valence-electron chi connectivity index (χ3n) is 8.58. The molecule has 0 fully saturated rings.